The molecule has 0 aliphatic carbocycles. The monoisotopic (exact) mass is 408 g/mol. The number of anilines is 1. The summed E-state index contributed by atoms with van der Waals surface area (Å²) in [4.78, 5) is 23.4. The van der Waals surface area contributed by atoms with Crippen molar-refractivity contribution in [2.45, 2.75) is 32.7 Å². The van der Waals surface area contributed by atoms with Gasteiger partial charge in [0.2, 0.25) is 0 Å². The summed E-state index contributed by atoms with van der Waals surface area (Å²) in [6, 6.07) is 11.9. The number of aromatic nitrogens is 1. The Labute approximate surface area is 179 Å². The first-order valence-electron chi connectivity index (χ1n) is 10.7. The van der Waals surface area contributed by atoms with E-state index in [1.54, 1.807) is 7.05 Å². The van der Waals surface area contributed by atoms with Crippen LogP contribution in [0.3, 0.4) is 0 Å². The highest BCUT2D eigenvalue weighted by Gasteiger charge is 2.12. The third kappa shape index (κ3) is 6.20. The molecule has 7 nitrogen and oxygen atoms in total. The fourth-order valence-corrected chi connectivity index (χ4v) is 3.49. The topological polar surface area (TPSA) is 81.7 Å². The van der Waals surface area contributed by atoms with Crippen molar-refractivity contribution in [1.82, 2.24) is 20.9 Å². The maximum Gasteiger partial charge on any atom is 0.251 e. The first kappa shape index (κ1) is 21.6. The molecule has 3 rings (SSSR count). The minimum Gasteiger partial charge on any atom is -0.357 e. The van der Waals surface area contributed by atoms with Crippen LogP contribution in [0.5, 0.6) is 0 Å². The lowest BCUT2D eigenvalue weighted by Crippen LogP contribution is -2.38. The largest absolute Gasteiger partial charge is 0.357 e. The van der Waals surface area contributed by atoms with E-state index in [0.29, 0.717) is 12.1 Å². The van der Waals surface area contributed by atoms with Crippen LogP contribution in [0.4, 0.5) is 5.82 Å². The second kappa shape index (κ2) is 11.2. The van der Waals surface area contributed by atoms with Gasteiger partial charge in [-0.05, 0) is 55.5 Å². The molecule has 0 saturated carbocycles. The molecule has 0 atom stereocenters. The Kier molecular flexibility index (Phi) is 8.06. The lowest BCUT2D eigenvalue weighted by atomic mass is 10.1. The number of guanidine groups is 1. The Morgan fingerprint density at radius 1 is 1.13 bits per heavy atom. The van der Waals surface area contributed by atoms with Gasteiger partial charge in [-0.15, -0.1) is 0 Å². The van der Waals surface area contributed by atoms with Crippen molar-refractivity contribution in [1.29, 1.82) is 0 Å². The van der Waals surface area contributed by atoms with E-state index in [1.165, 1.54) is 12.8 Å². The van der Waals surface area contributed by atoms with Gasteiger partial charge in [-0.1, -0.05) is 18.2 Å². The number of nitrogens with zero attached hydrogens (tertiary/aromatic N) is 3. The van der Waals surface area contributed by atoms with Crippen molar-refractivity contribution in [3.8, 4) is 0 Å². The summed E-state index contributed by atoms with van der Waals surface area (Å²) in [5.74, 6) is 1.77. The quantitative estimate of drug-likeness (QED) is 0.461. The molecule has 30 heavy (non-hydrogen) atoms. The fourth-order valence-electron chi connectivity index (χ4n) is 3.49. The molecule has 7 heteroatoms. The molecule has 0 bridgehead atoms. The molecule has 1 aromatic carbocycles. The number of nitrogens with one attached hydrogen (secondary N) is 3. The summed E-state index contributed by atoms with van der Waals surface area (Å²) in [5, 5.41) is 9.31. The third-order valence-corrected chi connectivity index (χ3v) is 5.13. The van der Waals surface area contributed by atoms with E-state index in [9.17, 15) is 4.79 Å². The molecule has 1 aliphatic heterocycles. The normalized spacial score (nSPS) is 13.9. The SMILES string of the molecule is CCNC(=NCc1ccc(N2CCCC2)nc1)NCCc1cccc(C(=O)NC)c1. The van der Waals surface area contributed by atoms with Crippen molar-refractivity contribution in [2.75, 3.05) is 38.1 Å². The first-order valence-corrected chi connectivity index (χ1v) is 10.7. The number of pyridine rings is 1. The Bertz CT molecular complexity index is 843. The van der Waals surface area contributed by atoms with Gasteiger partial charge in [0.25, 0.3) is 5.91 Å². The number of hydrogen-bond acceptors (Lipinski definition) is 4. The average Bonchev–Trinajstić information content (AvgIpc) is 3.32. The number of rotatable bonds is 8. The Hall–Kier alpha value is -3.09. The predicted molar refractivity (Wildman–Crippen MR) is 122 cm³/mol. The standard InChI is InChI=1S/C23H32N6O/c1-3-25-23(26-12-11-18-7-6-8-20(15-18)22(30)24-2)28-17-19-9-10-21(27-16-19)29-13-4-5-14-29/h6-10,15-16H,3-5,11-14,17H2,1-2H3,(H,24,30)(H2,25,26,28). The summed E-state index contributed by atoms with van der Waals surface area (Å²) in [6.45, 7) is 6.36. The maximum atomic E-state index is 11.8. The lowest BCUT2D eigenvalue weighted by molar-refractivity contribution is 0.0963. The van der Waals surface area contributed by atoms with Gasteiger partial charge in [0, 0.05) is 45.0 Å². The molecule has 0 spiro atoms. The Morgan fingerprint density at radius 2 is 1.97 bits per heavy atom. The van der Waals surface area contributed by atoms with Crippen LogP contribution in [0.1, 0.15) is 41.3 Å². The van der Waals surface area contributed by atoms with Gasteiger partial charge in [-0.3, -0.25) is 4.79 Å². The number of carbonyl (C=O) groups excluding carboxylic acids is 1. The van der Waals surface area contributed by atoms with Crippen LogP contribution >= 0.6 is 0 Å². The van der Waals surface area contributed by atoms with Crippen molar-refractivity contribution in [3.05, 3.63) is 59.3 Å². The van der Waals surface area contributed by atoms with Crippen molar-refractivity contribution >= 4 is 17.7 Å². The van der Waals surface area contributed by atoms with Crippen LogP contribution < -0.4 is 20.9 Å². The van der Waals surface area contributed by atoms with Crippen LogP contribution in [0, 0.1) is 0 Å². The van der Waals surface area contributed by atoms with E-state index in [4.69, 9.17) is 0 Å². The second-order valence-electron chi connectivity index (χ2n) is 7.37. The highest BCUT2D eigenvalue weighted by molar-refractivity contribution is 5.94. The highest BCUT2D eigenvalue weighted by Crippen LogP contribution is 2.17. The van der Waals surface area contributed by atoms with Gasteiger partial charge in [-0.2, -0.15) is 0 Å². The van der Waals surface area contributed by atoms with Crippen molar-refractivity contribution in [2.24, 2.45) is 4.99 Å². The van der Waals surface area contributed by atoms with E-state index in [0.717, 1.165) is 55.5 Å². The second-order valence-corrected chi connectivity index (χ2v) is 7.37. The molecule has 2 aromatic rings. The van der Waals surface area contributed by atoms with Crippen LogP contribution in [0.15, 0.2) is 47.6 Å². The molecule has 160 valence electrons. The smallest absolute Gasteiger partial charge is 0.251 e. The van der Waals surface area contributed by atoms with Crippen LogP contribution in [0.25, 0.3) is 0 Å². The minimum atomic E-state index is -0.0657. The molecule has 0 radical (unpaired) electrons. The first-order chi connectivity index (χ1) is 14.7. The van der Waals surface area contributed by atoms with Gasteiger partial charge in [0.15, 0.2) is 5.96 Å². The third-order valence-electron chi connectivity index (χ3n) is 5.13. The number of aliphatic imine (C=N–C) groups is 1. The predicted octanol–water partition coefficient (Wildman–Crippen LogP) is 2.34. The number of hydrogen-bond donors (Lipinski definition) is 3. The molecular weight excluding hydrogens is 376 g/mol. The Morgan fingerprint density at radius 3 is 2.67 bits per heavy atom. The Balaban J connectivity index is 1.52. The molecule has 2 heterocycles. The molecule has 1 aromatic heterocycles. The van der Waals surface area contributed by atoms with E-state index in [2.05, 4.69) is 49.9 Å². The van der Waals surface area contributed by atoms with Gasteiger partial charge in [-0.25, -0.2) is 9.98 Å². The van der Waals surface area contributed by atoms with Gasteiger partial charge < -0.3 is 20.9 Å². The van der Waals surface area contributed by atoms with Crippen LogP contribution in [-0.2, 0) is 13.0 Å². The average molecular weight is 409 g/mol. The van der Waals surface area contributed by atoms with Gasteiger partial charge in [0.05, 0.1) is 6.54 Å². The zero-order valence-corrected chi connectivity index (χ0v) is 17.9. The molecule has 1 saturated heterocycles. The van der Waals surface area contributed by atoms with Gasteiger partial charge in [0.1, 0.15) is 5.82 Å². The van der Waals surface area contributed by atoms with Crippen molar-refractivity contribution < 1.29 is 4.79 Å². The van der Waals surface area contributed by atoms with E-state index in [1.807, 2.05) is 30.5 Å². The highest BCUT2D eigenvalue weighted by atomic mass is 16.1. The van der Waals surface area contributed by atoms with E-state index < -0.39 is 0 Å². The fraction of sp³-hybridized carbons (Fsp3) is 0.435. The number of amides is 1. The van der Waals surface area contributed by atoms with Crippen LogP contribution in [0.2, 0.25) is 0 Å². The van der Waals surface area contributed by atoms with E-state index >= 15 is 0 Å². The van der Waals surface area contributed by atoms with Crippen LogP contribution in [-0.4, -0.2) is 50.1 Å². The molecule has 3 N–H and O–H groups in total. The molecular formula is C23H32N6O. The summed E-state index contributed by atoms with van der Waals surface area (Å²) in [7, 11) is 1.64. The minimum absolute atomic E-state index is 0.0657. The van der Waals surface area contributed by atoms with Gasteiger partial charge >= 0.3 is 0 Å². The zero-order valence-electron chi connectivity index (χ0n) is 17.9. The summed E-state index contributed by atoms with van der Waals surface area (Å²) in [5.41, 5.74) is 2.88. The molecule has 1 amide bonds. The summed E-state index contributed by atoms with van der Waals surface area (Å²) in [6.07, 6.45) is 5.23. The zero-order chi connectivity index (χ0) is 21.2. The molecule has 1 fully saturated rings. The number of benzene rings is 1. The van der Waals surface area contributed by atoms with E-state index in [-0.39, 0.29) is 5.91 Å². The maximum absolute atomic E-state index is 11.8. The summed E-state index contributed by atoms with van der Waals surface area (Å²) >= 11 is 0. The molecule has 0 unspecified atom stereocenters. The van der Waals surface area contributed by atoms with Crippen molar-refractivity contribution in [3.63, 3.8) is 0 Å². The lowest BCUT2D eigenvalue weighted by Gasteiger charge is -2.16. The molecule has 1 aliphatic rings. The number of carbonyl (C=O) groups is 1. The summed E-state index contributed by atoms with van der Waals surface area (Å²) < 4.78 is 0.